The predicted octanol–water partition coefficient (Wildman–Crippen LogP) is 3.20. The van der Waals surface area contributed by atoms with E-state index in [0.717, 1.165) is 5.56 Å². The number of hydrogen-bond acceptors (Lipinski definition) is 5. The number of nitrogens with zero attached hydrogens (tertiary/aromatic N) is 2. The van der Waals surface area contributed by atoms with Crippen molar-refractivity contribution >= 4 is 23.6 Å². The molecule has 0 aliphatic rings. The molecule has 0 fully saturated rings. The Morgan fingerprint density at radius 3 is 2.35 bits per heavy atom. The van der Waals surface area contributed by atoms with E-state index in [4.69, 9.17) is 9.84 Å². The van der Waals surface area contributed by atoms with Crippen LogP contribution in [0.1, 0.15) is 12.5 Å². The molecular formula is C16H14N2O5. The summed E-state index contributed by atoms with van der Waals surface area (Å²) in [6, 6.07) is 12.7. The first kappa shape index (κ1) is 16.2. The van der Waals surface area contributed by atoms with Gasteiger partial charge in [-0.15, -0.1) is 0 Å². The maximum atomic E-state index is 10.7. The fourth-order valence-electron chi connectivity index (χ4n) is 1.70. The van der Waals surface area contributed by atoms with Crippen LogP contribution in [0.4, 0.5) is 11.4 Å². The molecule has 0 saturated heterocycles. The van der Waals surface area contributed by atoms with Gasteiger partial charge in [0.1, 0.15) is 5.75 Å². The molecule has 0 aromatic heterocycles. The first-order valence-electron chi connectivity index (χ1n) is 6.74. The highest BCUT2D eigenvalue weighted by atomic mass is 16.6. The Morgan fingerprint density at radius 2 is 1.83 bits per heavy atom. The normalized spacial score (nSPS) is 12.0. The van der Waals surface area contributed by atoms with Crippen LogP contribution in [0.3, 0.4) is 0 Å². The minimum Gasteiger partial charge on any atom is -0.479 e. The number of carboxylic acid groups (broad SMARTS) is 1. The van der Waals surface area contributed by atoms with Crippen LogP contribution in [-0.4, -0.2) is 28.3 Å². The predicted molar refractivity (Wildman–Crippen MR) is 84.5 cm³/mol. The third-order valence-corrected chi connectivity index (χ3v) is 2.96. The van der Waals surface area contributed by atoms with Crippen molar-refractivity contribution in [3.8, 4) is 5.75 Å². The molecule has 0 bridgehead atoms. The molecule has 2 aromatic carbocycles. The first-order chi connectivity index (χ1) is 11.0. The Balaban J connectivity index is 2.02. The van der Waals surface area contributed by atoms with Crippen molar-refractivity contribution in [3.63, 3.8) is 0 Å². The van der Waals surface area contributed by atoms with Crippen LogP contribution in [0.5, 0.6) is 5.75 Å². The summed E-state index contributed by atoms with van der Waals surface area (Å²) in [6.45, 7) is 1.45. The van der Waals surface area contributed by atoms with Crippen LogP contribution in [0.2, 0.25) is 0 Å². The molecule has 0 aliphatic carbocycles. The Bertz CT molecular complexity index is 723. The van der Waals surface area contributed by atoms with Crippen LogP contribution in [0.25, 0.3) is 0 Å². The van der Waals surface area contributed by atoms with Crippen molar-refractivity contribution in [1.82, 2.24) is 0 Å². The molecule has 23 heavy (non-hydrogen) atoms. The van der Waals surface area contributed by atoms with Gasteiger partial charge in [-0.3, -0.25) is 15.1 Å². The van der Waals surface area contributed by atoms with E-state index in [1.807, 2.05) is 0 Å². The molecule has 7 heteroatoms. The van der Waals surface area contributed by atoms with Crippen molar-refractivity contribution in [1.29, 1.82) is 0 Å². The quantitative estimate of drug-likeness (QED) is 0.501. The Hall–Kier alpha value is -3.22. The number of aliphatic imine (C=N–C) groups is 1. The molecule has 0 radical (unpaired) electrons. The summed E-state index contributed by atoms with van der Waals surface area (Å²) < 4.78 is 5.22. The molecule has 0 saturated carbocycles. The van der Waals surface area contributed by atoms with Crippen LogP contribution in [0, 0.1) is 10.1 Å². The summed E-state index contributed by atoms with van der Waals surface area (Å²) in [5, 5.41) is 19.3. The highest BCUT2D eigenvalue weighted by molar-refractivity contribution is 5.82. The van der Waals surface area contributed by atoms with Gasteiger partial charge in [-0.25, -0.2) is 4.79 Å². The third kappa shape index (κ3) is 4.63. The molecule has 0 unspecified atom stereocenters. The van der Waals surface area contributed by atoms with E-state index < -0.39 is 17.0 Å². The van der Waals surface area contributed by atoms with Crippen LogP contribution in [0.15, 0.2) is 53.5 Å². The summed E-state index contributed by atoms with van der Waals surface area (Å²) in [5.74, 6) is -0.582. The lowest BCUT2D eigenvalue weighted by Crippen LogP contribution is -2.22. The van der Waals surface area contributed by atoms with Crippen molar-refractivity contribution < 1.29 is 19.6 Å². The van der Waals surface area contributed by atoms with Gasteiger partial charge in [-0.05, 0) is 48.9 Å². The maximum Gasteiger partial charge on any atom is 0.344 e. The lowest BCUT2D eigenvalue weighted by molar-refractivity contribution is -0.384. The van der Waals surface area contributed by atoms with Gasteiger partial charge >= 0.3 is 5.97 Å². The summed E-state index contributed by atoms with van der Waals surface area (Å²) in [4.78, 5) is 25.0. The molecule has 1 atom stereocenters. The second kappa shape index (κ2) is 7.17. The minimum atomic E-state index is -1.03. The lowest BCUT2D eigenvalue weighted by Gasteiger charge is -2.09. The molecular weight excluding hydrogens is 300 g/mol. The second-order valence-corrected chi connectivity index (χ2v) is 4.70. The van der Waals surface area contributed by atoms with E-state index in [1.54, 1.807) is 42.6 Å². The van der Waals surface area contributed by atoms with Crippen molar-refractivity contribution in [2.45, 2.75) is 13.0 Å². The first-order valence-corrected chi connectivity index (χ1v) is 6.74. The van der Waals surface area contributed by atoms with Crippen LogP contribution in [-0.2, 0) is 4.79 Å². The highest BCUT2D eigenvalue weighted by Crippen LogP contribution is 2.18. The van der Waals surface area contributed by atoms with Gasteiger partial charge in [0.05, 0.1) is 10.6 Å². The molecule has 0 spiro atoms. The van der Waals surface area contributed by atoms with E-state index in [0.29, 0.717) is 11.4 Å². The lowest BCUT2D eigenvalue weighted by atomic mass is 10.2. The molecule has 1 N–H and O–H groups in total. The van der Waals surface area contributed by atoms with E-state index in [2.05, 4.69) is 4.99 Å². The molecule has 0 aliphatic heterocycles. The minimum absolute atomic E-state index is 0.0120. The summed E-state index contributed by atoms with van der Waals surface area (Å²) in [6.07, 6.45) is 0.681. The number of nitro groups is 1. The fraction of sp³-hybridized carbons (Fsp3) is 0.125. The van der Waals surface area contributed by atoms with Crippen LogP contribution < -0.4 is 4.74 Å². The van der Waals surface area contributed by atoms with Gasteiger partial charge in [0.15, 0.2) is 6.10 Å². The zero-order valence-electron chi connectivity index (χ0n) is 12.2. The summed E-state index contributed by atoms with van der Waals surface area (Å²) >= 11 is 0. The summed E-state index contributed by atoms with van der Waals surface area (Å²) in [5.41, 5.74) is 1.40. The van der Waals surface area contributed by atoms with E-state index in [1.165, 1.54) is 19.1 Å². The van der Waals surface area contributed by atoms with Gasteiger partial charge in [0, 0.05) is 18.3 Å². The largest absolute Gasteiger partial charge is 0.479 e. The zero-order chi connectivity index (χ0) is 16.8. The monoisotopic (exact) mass is 314 g/mol. The Morgan fingerprint density at radius 1 is 1.22 bits per heavy atom. The number of nitro benzene ring substituents is 1. The summed E-state index contributed by atoms with van der Waals surface area (Å²) in [7, 11) is 0. The molecule has 0 heterocycles. The number of hydrogen-bond donors (Lipinski definition) is 1. The average Bonchev–Trinajstić information content (AvgIpc) is 2.54. The number of ether oxygens (including phenoxy) is 1. The number of non-ortho nitro benzene ring substituents is 1. The van der Waals surface area contributed by atoms with E-state index in [-0.39, 0.29) is 5.69 Å². The Labute approximate surface area is 132 Å². The van der Waals surface area contributed by atoms with Crippen molar-refractivity contribution in [3.05, 3.63) is 64.2 Å². The number of carboxylic acids is 1. The number of carbonyl (C=O) groups is 1. The van der Waals surface area contributed by atoms with Gasteiger partial charge in [-0.1, -0.05) is 0 Å². The molecule has 118 valence electrons. The maximum absolute atomic E-state index is 10.7. The van der Waals surface area contributed by atoms with E-state index >= 15 is 0 Å². The molecule has 2 rings (SSSR count). The van der Waals surface area contributed by atoms with Gasteiger partial charge in [0.2, 0.25) is 0 Å². The number of benzene rings is 2. The average molecular weight is 314 g/mol. The molecule has 0 amide bonds. The van der Waals surface area contributed by atoms with Gasteiger partial charge in [-0.2, -0.15) is 0 Å². The molecule has 7 nitrogen and oxygen atoms in total. The zero-order valence-corrected chi connectivity index (χ0v) is 12.2. The standard InChI is InChI=1S/C16H14N2O5/c1-11(16(19)20)23-15-8-2-12(3-9-15)10-17-13-4-6-14(7-5-13)18(21)22/h2-11H,1H3,(H,19,20)/t11-/m1/s1. The number of aliphatic carboxylic acids is 1. The second-order valence-electron chi connectivity index (χ2n) is 4.70. The third-order valence-electron chi connectivity index (χ3n) is 2.96. The van der Waals surface area contributed by atoms with Crippen LogP contribution >= 0.6 is 0 Å². The highest BCUT2D eigenvalue weighted by Gasteiger charge is 2.11. The SMILES string of the molecule is C[C@@H](Oc1ccc(C=Nc2ccc([N+](=O)[O-])cc2)cc1)C(=O)O. The van der Waals surface area contributed by atoms with Gasteiger partial charge in [0.25, 0.3) is 5.69 Å². The fourth-order valence-corrected chi connectivity index (χ4v) is 1.70. The number of rotatable bonds is 6. The molecule has 2 aromatic rings. The van der Waals surface area contributed by atoms with Gasteiger partial charge < -0.3 is 9.84 Å². The Kier molecular flexibility index (Phi) is 5.03. The topological polar surface area (TPSA) is 102 Å². The van der Waals surface area contributed by atoms with Crippen molar-refractivity contribution in [2.24, 2.45) is 4.99 Å². The smallest absolute Gasteiger partial charge is 0.344 e. The van der Waals surface area contributed by atoms with Crippen molar-refractivity contribution in [2.75, 3.05) is 0 Å². The van der Waals surface area contributed by atoms with E-state index in [9.17, 15) is 14.9 Å².